The van der Waals surface area contributed by atoms with Crippen molar-refractivity contribution < 1.29 is 19.1 Å². The molecule has 0 aromatic carbocycles. The molecule has 0 N–H and O–H groups in total. The SMILES string of the molecule is C/C=C(\N=C/CC)N1C[C@@H](OC)c2nccnc2C1=O.O=CN1CCOCC1. The molecule has 0 aliphatic carbocycles. The number of allylic oxidation sites excluding steroid dienone is 1. The number of aromatic nitrogens is 2. The van der Waals surface area contributed by atoms with E-state index < -0.39 is 0 Å². The van der Waals surface area contributed by atoms with Gasteiger partial charge in [0.15, 0.2) is 5.69 Å². The van der Waals surface area contributed by atoms with Crippen LogP contribution in [0.4, 0.5) is 0 Å². The van der Waals surface area contributed by atoms with Gasteiger partial charge in [-0.1, -0.05) is 6.92 Å². The molecule has 152 valence electrons. The quantitative estimate of drug-likeness (QED) is 0.558. The second kappa shape index (κ2) is 11.3. The molecular weight excluding hydrogens is 362 g/mol. The van der Waals surface area contributed by atoms with Gasteiger partial charge in [0.05, 0.1) is 19.8 Å². The highest BCUT2D eigenvalue weighted by Gasteiger charge is 2.35. The fourth-order valence-electron chi connectivity index (χ4n) is 2.76. The van der Waals surface area contributed by atoms with Gasteiger partial charge >= 0.3 is 0 Å². The Morgan fingerprint density at radius 1 is 1.36 bits per heavy atom. The van der Waals surface area contributed by atoms with E-state index in [1.54, 1.807) is 35.4 Å². The zero-order valence-electron chi connectivity index (χ0n) is 16.6. The molecule has 2 aliphatic heterocycles. The number of carbonyl (C=O) groups excluding carboxylic acids is 2. The zero-order chi connectivity index (χ0) is 20.4. The number of aliphatic imine (C=N–C) groups is 1. The van der Waals surface area contributed by atoms with Crippen LogP contribution in [0, 0.1) is 0 Å². The molecule has 9 heteroatoms. The molecule has 0 radical (unpaired) electrons. The molecule has 1 saturated heterocycles. The lowest BCUT2D eigenvalue weighted by molar-refractivity contribution is -0.121. The summed E-state index contributed by atoms with van der Waals surface area (Å²) in [4.78, 5) is 38.5. The monoisotopic (exact) mass is 389 g/mol. The summed E-state index contributed by atoms with van der Waals surface area (Å²) in [5.41, 5.74) is 0.919. The number of ether oxygens (including phenoxy) is 2. The molecule has 1 aromatic heterocycles. The number of fused-ring (bicyclic) bond motifs is 1. The first-order valence-electron chi connectivity index (χ1n) is 9.27. The van der Waals surface area contributed by atoms with E-state index in [2.05, 4.69) is 15.0 Å². The minimum atomic E-state index is -0.289. The predicted molar refractivity (Wildman–Crippen MR) is 104 cm³/mol. The van der Waals surface area contributed by atoms with Gasteiger partial charge in [-0.3, -0.25) is 19.5 Å². The van der Waals surface area contributed by atoms with Crippen molar-refractivity contribution in [1.29, 1.82) is 0 Å². The average Bonchev–Trinajstić information content (AvgIpc) is 2.76. The van der Waals surface area contributed by atoms with Gasteiger partial charge in [-0.25, -0.2) is 9.98 Å². The molecule has 9 nitrogen and oxygen atoms in total. The average molecular weight is 389 g/mol. The van der Waals surface area contributed by atoms with Crippen LogP contribution in [0.15, 0.2) is 29.3 Å². The van der Waals surface area contributed by atoms with Crippen LogP contribution in [-0.4, -0.2) is 78.3 Å². The van der Waals surface area contributed by atoms with E-state index in [0.29, 0.717) is 37.0 Å². The number of methoxy groups -OCH3 is 1. The summed E-state index contributed by atoms with van der Waals surface area (Å²) in [6.07, 6.45) is 8.04. The number of rotatable bonds is 5. The first-order chi connectivity index (χ1) is 13.7. The van der Waals surface area contributed by atoms with Crippen molar-refractivity contribution >= 4 is 18.5 Å². The van der Waals surface area contributed by atoms with Gasteiger partial charge in [-0.15, -0.1) is 0 Å². The fraction of sp³-hybridized carbons (Fsp3) is 0.526. The summed E-state index contributed by atoms with van der Waals surface area (Å²) in [5.74, 6) is 0.415. The van der Waals surface area contributed by atoms with Crippen LogP contribution in [0.3, 0.4) is 0 Å². The summed E-state index contributed by atoms with van der Waals surface area (Å²) in [6.45, 7) is 7.13. The number of morpholine rings is 1. The van der Waals surface area contributed by atoms with E-state index in [4.69, 9.17) is 9.47 Å². The van der Waals surface area contributed by atoms with Crippen molar-refractivity contribution in [3.8, 4) is 0 Å². The van der Waals surface area contributed by atoms with Crippen LogP contribution >= 0.6 is 0 Å². The zero-order valence-corrected chi connectivity index (χ0v) is 16.6. The van der Waals surface area contributed by atoms with E-state index in [0.717, 1.165) is 25.9 Å². The molecule has 3 rings (SSSR count). The van der Waals surface area contributed by atoms with Crippen molar-refractivity contribution in [2.45, 2.75) is 26.4 Å². The van der Waals surface area contributed by atoms with Crippen molar-refractivity contribution in [2.24, 2.45) is 4.99 Å². The van der Waals surface area contributed by atoms with Gasteiger partial charge in [-0.2, -0.15) is 0 Å². The van der Waals surface area contributed by atoms with Gasteiger partial charge in [0.2, 0.25) is 6.41 Å². The molecule has 3 heterocycles. The van der Waals surface area contributed by atoms with Crippen LogP contribution in [-0.2, 0) is 14.3 Å². The summed E-state index contributed by atoms with van der Waals surface area (Å²) in [6, 6.07) is 0. The van der Waals surface area contributed by atoms with E-state index in [-0.39, 0.29) is 12.0 Å². The first-order valence-corrected chi connectivity index (χ1v) is 9.27. The molecule has 0 unspecified atom stereocenters. The Morgan fingerprint density at radius 3 is 2.64 bits per heavy atom. The van der Waals surface area contributed by atoms with E-state index >= 15 is 0 Å². The van der Waals surface area contributed by atoms with E-state index in [9.17, 15) is 9.59 Å². The number of hydrogen-bond acceptors (Lipinski definition) is 7. The van der Waals surface area contributed by atoms with Crippen molar-refractivity contribution in [2.75, 3.05) is 40.0 Å². The Morgan fingerprint density at radius 2 is 2.07 bits per heavy atom. The minimum Gasteiger partial charge on any atom is -0.378 e. The summed E-state index contributed by atoms with van der Waals surface area (Å²) in [7, 11) is 1.60. The van der Waals surface area contributed by atoms with Crippen LogP contribution in [0.2, 0.25) is 0 Å². The molecule has 1 fully saturated rings. The molecule has 0 saturated carbocycles. The molecule has 2 amide bonds. The number of carbonyl (C=O) groups is 2. The smallest absolute Gasteiger partial charge is 0.280 e. The Hall–Kier alpha value is -2.65. The molecule has 28 heavy (non-hydrogen) atoms. The number of hydrogen-bond donors (Lipinski definition) is 0. The van der Waals surface area contributed by atoms with E-state index in [1.165, 1.54) is 6.20 Å². The van der Waals surface area contributed by atoms with Crippen molar-refractivity contribution in [3.05, 3.63) is 35.7 Å². The van der Waals surface area contributed by atoms with Crippen molar-refractivity contribution in [3.63, 3.8) is 0 Å². The van der Waals surface area contributed by atoms with Crippen LogP contribution in [0.5, 0.6) is 0 Å². The first kappa shape index (κ1) is 21.6. The third-order valence-electron chi connectivity index (χ3n) is 4.25. The number of amides is 2. The molecule has 0 bridgehead atoms. The highest BCUT2D eigenvalue weighted by molar-refractivity contribution is 5.95. The maximum absolute atomic E-state index is 12.5. The van der Waals surface area contributed by atoms with Crippen LogP contribution < -0.4 is 0 Å². The molecule has 2 aliphatic rings. The van der Waals surface area contributed by atoms with Crippen LogP contribution in [0.1, 0.15) is 42.6 Å². The predicted octanol–water partition coefficient (Wildman–Crippen LogP) is 1.44. The largest absolute Gasteiger partial charge is 0.378 e. The minimum absolute atomic E-state index is 0.192. The molecule has 1 aromatic rings. The summed E-state index contributed by atoms with van der Waals surface area (Å²) in [5, 5.41) is 0. The van der Waals surface area contributed by atoms with Gasteiger partial charge < -0.3 is 14.4 Å². The molecule has 1 atom stereocenters. The third kappa shape index (κ3) is 5.43. The highest BCUT2D eigenvalue weighted by atomic mass is 16.5. The third-order valence-corrected chi connectivity index (χ3v) is 4.25. The highest BCUT2D eigenvalue weighted by Crippen LogP contribution is 2.28. The lowest BCUT2D eigenvalue weighted by atomic mass is 10.1. The summed E-state index contributed by atoms with van der Waals surface area (Å²) < 4.78 is 10.4. The maximum atomic E-state index is 12.5. The lowest BCUT2D eigenvalue weighted by Crippen LogP contribution is -2.40. The van der Waals surface area contributed by atoms with Gasteiger partial charge in [0, 0.05) is 38.8 Å². The fourth-order valence-corrected chi connectivity index (χ4v) is 2.76. The van der Waals surface area contributed by atoms with Gasteiger partial charge in [-0.05, 0) is 19.4 Å². The molecule has 0 spiro atoms. The topological polar surface area (TPSA) is 97.2 Å². The van der Waals surface area contributed by atoms with E-state index in [1.807, 2.05) is 13.8 Å². The second-order valence-corrected chi connectivity index (χ2v) is 6.05. The van der Waals surface area contributed by atoms with Crippen molar-refractivity contribution in [1.82, 2.24) is 19.8 Å². The van der Waals surface area contributed by atoms with Gasteiger partial charge in [0.25, 0.3) is 5.91 Å². The Kier molecular flexibility index (Phi) is 8.70. The van der Waals surface area contributed by atoms with Crippen LogP contribution in [0.25, 0.3) is 0 Å². The second-order valence-electron chi connectivity index (χ2n) is 6.05. The summed E-state index contributed by atoms with van der Waals surface area (Å²) >= 11 is 0. The Balaban J connectivity index is 0.000000292. The Bertz CT molecular complexity index is 716. The van der Waals surface area contributed by atoms with Gasteiger partial charge in [0.1, 0.15) is 17.6 Å². The maximum Gasteiger partial charge on any atom is 0.280 e. The molecular formula is C19H27N5O4. The number of nitrogens with zero attached hydrogens (tertiary/aromatic N) is 5. The normalized spacial score (nSPS) is 19.9. The Labute approximate surface area is 165 Å². The lowest BCUT2D eigenvalue weighted by Gasteiger charge is -2.31. The standard InChI is InChI=1S/C14H18N4O2.C5H9NO2/c1-4-6-15-11(5-2)18-9-10(20-3)12-13(14(18)19)17-8-7-16-12;7-5-6-1-3-8-4-2-6/h5-8,10H,4,9H2,1-3H3;5H,1-4H2/b11-5+,15-6-;/t10-;/m1./s1.